The molecule has 0 aliphatic carbocycles. The van der Waals surface area contributed by atoms with Crippen LogP contribution in [-0.2, 0) is 0 Å². The van der Waals surface area contributed by atoms with Crippen LogP contribution < -0.4 is 3.61 Å². The molecule has 0 aromatic heterocycles. The maximum atomic E-state index is 11.9. The van der Waals surface area contributed by atoms with Crippen molar-refractivity contribution in [3.63, 3.8) is 0 Å². The zero-order chi connectivity index (χ0) is 12.1. The predicted molar refractivity (Wildman–Crippen MR) is 74.9 cm³/mol. The summed E-state index contributed by atoms with van der Waals surface area (Å²) in [6, 6.07) is 18.0. The van der Waals surface area contributed by atoms with Crippen molar-refractivity contribution in [3.05, 3.63) is 65.7 Å². The molecular formula is C14H12OSTe. The topological polar surface area (TPSA) is 17.1 Å². The molecule has 0 radical (unpaired) electrons. The molecule has 0 fully saturated rings. The molecule has 2 aromatic carbocycles. The Morgan fingerprint density at radius 2 is 1.65 bits per heavy atom. The van der Waals surface area contributed by atoms with E-state index in [1.165, 1.54) is 18.2 Å². The maximum absolute atomic E-state index is 11.9. The van der Waals surface area contributed by atoms with Crippen molar-refractivity contribution >= 4 is 37.3 Å². The van der Waals surface area contributed by atoms with E-state index < -0.39 is 19.5 Å². The van der Waals surface area contributed by atoms with E-state index in [0.717, 1.165) is 5.56 Å². The van der Waals surface area contributed by atoms with Crippen molar-refractivity contribution in [1.29, 1.82) is 0 Å². The van der Waals surface area contributed by atoms with Crippen LogP contribution in [0.25, 0.3) is 0 Å². The Balaban J connectivity index is 1.96. The summed E-state index contributed by atoms with van der Waals surface area (Å²) in [5.41, 5.74) is 1.99. The summed E-state index contributed by atoms with van der Waals surface area (Å²) < 4.78 is 1.31. The number of carbonyl (C=O) groups excluding carboxylic acids is 1. The summed E-state index contributed by atoms with van der Waals surface area (Å²) in [5.74, 6) is 0. The van der Waals surface area contributed by atoms with Gasteiger partial charge in [-0.15, -0.1) is 0 Å². The first-order valence-corrected chi connectivity index (χ1v) is 10.0. The van der Waals surface area contributed by atoms with Crippen molar-refractivity contribution < 1.29 is 4.79 Å². The van der Waals surface area contributed by atoms with Gasteiger partial charge in [0.15, 0.2) is 0 Å². The number of hydrogen-bond donors (Lipinski definition) is 0. The second-order valence-electron chi connectivity index (χ2n) is 3.63. The minimum absolute atomic E-state index is 0.191. The molecule has 86 valence electrons. The van der Waals surface area contributed by atoms with Gasteiger partial charge < -0.3 is 0 Å². The van der Waals surface area contributed by atoms with Gasteiger partial charge in [0.25, 0.3) is 0 Å². The van der Waals surface area contributed by atoms with Gasteiger partial charge in [0, 0.05) is 0 Å². The third-order valence-electron chi connectivity index (χ3n) is 2.24. The molecule has 2 rings (SSSR count). The van der Waals surface area contributed by atoms with E-state index >= 15 is 0 Å². The average molecular weight is 356 g/mol. The van der Waals surface area contributed by atoms with Crippen molar-refractivity contribution in [3.8, 4) is 0 Å². The summed E-state index contributed by atoms with van der Waals surface area (Å²) in [6.07, 6.45) is 0. The summed E-state index contributed by atoms with van der Waals surface area (Å²) >= 11 is -0.464. The number of carbonyl (C=O) groups is 1. The Labute approximate surface area is 114 Å². The third kappa shape index (κ3) is 3.89. The normalized spacial score (nSPS) is 10.2. The fourth-order valence-electron chi connectivity index (χ4n) is 1.30. The molecule has 0 bridgehead atoms. The second-order valence-corrected chi connectivity index (χ2v) is 8.54. The van der Waals surface area contributed by atoms with Gasteiger partial charge >= 0.3 is 115 Å². The van der Waals surface area contributed by atoms with Crippen LogP contribution in [-0.4, -0.2) is 24.7 Å². The Morgan fingerprint density at radius 3 is 2.29 bits per heavy atom. The number of hydrogen-bond acceptors (Lipinski definition) is 2. The summed E-state index contributed by atoms with van der Waals surface area (Å²) in [7, 11) is 1.48. The average Bonchev–Trinajstić information content (AvgIpc) is 2.38. The number of rotatable bonds is 3. The van der Waals surface area contributed by atoms with Gasteiger partial charge in [-0.05, 0) is 0 Å². The molecule has 0 saturated heterocycles. The van der Waals surface area contributed by atoms with Gasteiger partial charge in [-0.3, -0.25) is 0 Å². The Kier molecular flexibility index (Phi) is 4.67. The van der Waals surface area contributed by atoms with Crippen molar-refractivity contribution in [2.75, 3.05) is 0 Å². The predicted octanol–water partition coefficient (Wildman–Crippen LogP) is 2.81. The molecule has 0 saturated carbocycles. The van der Waals surface area contributed by atoms with Gasteiger partial charge in [0.2, 0.25) is 0 Å². The standard InChI is InChI=1S/C14H12OSTe/c1-11-7-9-12(10-8-11)14(15)16-17-13-5-3-2-4-6-13/h2-10H,1H3. The van der Waals surface area contributed by atoms with Crippen LogP contribution in [0.4, 0.5) is 0 Å². The third-order valence-corrected chi connectivity index (χ3v) is 7.34. The van der Waals surface area contributed by atoms with Crippen molar-refractivity contribution in [2.24, 2.45) is 0 Å². The summed E-state index contributed by atoms with van der Waals surface area (Å²) in [6.45, 7) is 2.03. The van der Waals surface area contributed by atoms with Crippen LogP contribution in [0.15, 0.2) is 54.6 Å². The number of aryl methyl sites for hydroxylation is 1. The molecular weight excluding hydrogens is 344 g/mol. The second kappa shape index (κ2) is 6.25. The summed E-state index contributed by atoms with van der Waals surface area (Å²) in [4.78, 5) is 11.9. The van der Waals surface area contributed by atoms with Crippen molar-refractivity contribution in [1.82, 2.24) is 0 Å². The molecule has 0 heterocycles. The van der Waals surface area contributed by atoms with E-state index in [1.54, 1.807) is 0 Å². The van der Waals surface area contributed by atoms with Gasteiger partial charge in [-0.2, -0.15) is 0 Å². The molecule has 0 aliphatic rings. The molecule has 2 aromatic rings. The van der Waals surface area contributed by atoms with E-state index in [-0.39, 0.29) is 5.12 Å². The summed E-state index contributed by atoms with van der Waals surface area (Å²) in [5, 5.41) is 0.191. The molecule has 0 spiro atoms. The Hall–Kier alpha value is -0.750. The molecule has 17 heavy (non-hydrogen) atoms. The molecule has 0 aliphatic heterocycles. The van der Waals surface area contributed by atoms with E-state index in [4.69, 9.17) is 0 Å². The van der Waals surface area contributed by atoms with E-state index in [0.29, 0.717) is 0 Å². The van der Waals surface area contributed by atoms with Crippen LogP contribution in [0.2, 0.25) is 0 Å². The molecule has 0 N–H and O–H groups in total. The zero-order valence-corrected chi connectivity index (χ0v) is 12.6. The molecule has 3 heteroatoms. The molecule has 1 nitrogen and oxygen atoms in total. The van der Waals surface area contributed by atoms with Crippen LogP contribution in [0.5, 0.6) is 0 Å². The monoisotopic (exact) mass is 358 g/mol. The Morgan fingerprint density at radius 1 is 1.00 bits per heavy atom. The van der Waals surface area contributed by atoms with Crippen LogP contribution in [0.3, 0.4) is 0 Å². The van der Waals surface area contributed by atoms with Gasteiger partial charge in [0.1, 0.15) is 0 Å². The van der Waals surface area contributed by atoms with Crippen molar-refractivity contribution in [2.45, 2.75) is 6.92 Å². The van der Waals surface area contributed by atoms with Crippen LogP contribution in [0.1, 0.15) is 15.9 Å². The SMILES string of the molecule is Cc1ccc(C(=O)S[Te]c2ccccc2)cc1. The molecule has 0 amide bonds. The van der Waals surface area contributed by atoms with E-state index in [9.17, 15) is 4.79 Å². The quantitative estimate of drug-likeness (QED) is 0.787. The first-order valence-electron chi connectivity index (χ1n) is 5.26. The van der Waals surface area contributed by atoms with Gasteiger partial charge in [-0.1, -0.05) is 0 Å². The first-order chi connectivity index (χ1) is 8.25. The zero-order valence-electron chi connectivity index (χ0n) is 9.42. The van der Waals surface area contributed by atoms with Crippen LogP contribution >= 0.6 is 8.99 Å². The van der Waals surface area contributed by atoms with Crippen LogP contribution in [0, 0.1) is 6.92 Å². The minimum atomic E-state index is -0.464. The van der Waals surface area contributed by atoms with E-state index in [2.05, 4.69) is 12.1 Å². The van der Waals surface area contributed by atoms with Gasteiger partial charge in [-0.25, -0.2) is 0 Å². The molecule has 0 atom stereocenters. The van der Waals surface area contributed by atoms with E-state index in [1.807, 2.05) is 49.4 Å². The van der Waals surface area contributed by atoms with Gasteiger partial charge in [0.05, 0.1) is 0 Å². The molecule has 0 unspecified atom stereocenters. The first kappa shape index (κ1) is 12.7. The fourth-order valence-corrected chi connectivity index (χ4v) is 5.51. The fraction of sp³-hybridized carbons (Fsp3) is 0.0714. The number of benzene rings is 2. The Bertz CT molecular complexity index is 493.